The molecule has 0 unspecified atom stereocenters. The van der Waals surface area contributed by atoms with E-state index in [4.69, 9.17) is 14.9 Å². The van der Waals surface area contributed by atoms with E-state index in [1.165, 1.54) is 6.07 Å². The highest BCUT2D eigenvalue weighted by Gasteiger charge is 2.21. The van der Waals surface area contributed by atoms with E-state index < -0.39 is 23.7 Å². The van der Waals surface area contributed by atoms with E-state index in [-0.39, 0.29) is 6.61 Å². The van der Waals surface area contributed by atoms with Crippen molar-refractivity contribution < 1.29 is 18.7 Å². The van der Waals surface area contributed by atoms with Crippen molar-refractivity contribution in [2.75, 3.05) is 12.0 Å². The zero-order valence-electron chi connectivity index (χ0n) is 16.5. The van der Waals surface area contributed by atoms with Crippen LogP contribution in [0.5, 0.6) is 0 Å². The molecule has 0 aliphatic carbocycles. The summed E-state index contributed by atoms with van der Waals surface area (Å²) >= 11 is 1.54. The summed E-state index contributed by atoms with van der Waals surface area (Å²) in [6.45, 7) is 6.03. The third-order valence-corrected chi connectivity index (χ3v) is 5.06. The first kappa shape index (κ1) is 21.8. The van der Waals surface area contributed by atoms with Gasteiger partial charge in [0.15, 0.2) is 0 Å². The number of hydrogen-bond donors (Lipinski definition) is 2. The quantitative estimate of drug-likeness (QED) is 0.515. The highest BCUT2D eigenvalue weighted by Crippen LogP contribution is 2.27. The Kier molecular flexibility index (Phi) is 7.51. The van der Waals surface area contributed by atoms with Crippen LogP contribution in [-0.2, 0) is 16.1 Å². The predicted octanol–water partition coefficient (Wildman–Crippen LogP) is 3.06. The number of rotatable bonds is 8. The number of carbonyl (C=O) groups excluding carboxylic acids is 2. The van der Waals surface area contributed by atoms with Gasteiger partial charge in [0.1, 0.15) is 18.2 Å². The maximum atomic E-state index is 12.4. The van der Waals surface area contributed by atoms with Gasteiger partial charge in [-0.15, -0.1) is 0 Å². The number of amides is 2. The van der Waals surface area contributed by atoms with Crippen LogP contribution in [0.2, 0.25) is 0 Å². The fourth-order valence-corrected chi connectivity index (χ4v) is 3.51. The summed E-state index contributed by atoms with van der Waals surface area (Å²) < 4.78 is 10.7. The van der Waals surface area contributed by atoms with Crippen LogP contribution in [0.15, 0.2) is 27.4 Å². The highest BCUT2D eigenvalue weighted by atomic mass is 32.2. The van der Waals surface area contributed by atoms with E-state index in [0.29, 0.717) is 29.2 Å². The Morgan fingerprint density at radius 3 is 2.61 bits per heavy atom. The summed E-state index contributed by atoms with van der Waals surface area (Å²) in [4.78, 5) is 35.5. The van der Waals surface area contributed by atoms with Crippen molar-refractivity contribution in [1.29, 1.82) is 0 Å². The number of esters is 1. The molecule has 2 amide bonds. The molecule has 0 saturated heterocycles. The van der Waals surface area contributed by atoms with Crippen molar-refractivity contribution in [3.05, 3.63) is 45.3 Å². The molecular weight excluding hydrogens is 380 g/mol. The molecule has 8 heteroatoms. The zero-order valence-corrected chi connectivity index (χ0v) is 17.4. The van der Waals surface area contributed by atoms with Gasteiger partial charge in [-0.2, -0.15) is 11.8 Å². The monoisotopic (exact) mass is 406 g/mol. The van der Waals surface area contributed by atoms with Crippen LogP contribution in [0.1, 0.15) is 42.9 Å². The van der Waals surface area contributed by atoms with Crippen LogP contribution in [0.3, 0.4) is 0 Å². The highest BCUT2D eigenvalue weighted by molar-refractivity contribution is 7.98. The number of primary amides is 1. The minimum absolute atomic E-state index is 0.0995. The lowest BCUT2D eigenvalue weighted by Crippen LogP contribution is -2.44. The second-order valence-electron chi connectivity index (χ2n) is 6.90. The van der Waals surface area contributed by atoms with Crippen LogP contribution in [0, 0.1) is 6.92 Å². The van der Waals surface area contributed by atoms with Gasteiger partial charge in [0.2, 0.25) is 0 Å². The van der Waals surface area contributed by atoms with Gasteiger partial charge < -0.3 is 20.2 Å². The lowest BCUT2D eigenvalue weighted by Gasteiger charge is -2.17. The Labute approximate surface area is 168 Å². The second-order valence-corrected chi connectivity index (χ2v) is 7.89. The standard InChI is InChI=1S/C20H26N2O5S/c1-11(2)14-9-15-13(8-18(23)27-17(15)7-12(14)3)10-26-19(24)16(5-6-28-4)22-20(21)25/h7-9,11,16H,5-6,10H2,1-4H3,(H3,21,22,25)/t16-/m0/s1. The second kappa shape index (κ2) is 9.64. The van der Waals surface area contributed by atoms with Gasteiger partial charge in [0.25, 0.3) is 0 Å². The molecule has 0 saturated carbocycles. The molecule has 0 fully saturated rings. The van der Waals surface area contributed by atoms with Crippen LogP contribution >= 0.6 is 11.8 Å². The first-order chi connectivity index (χ1) is 13.2. The summed E-state index contributed by atoms with van der Waals surface area (Å²) in [6.07, 6.45) is 2.30. The SMILES string of the molecule is CSCC[C@H](NC(N)=O)C(=O)OCc1cc(=O)oc2cc(C)c(C(C)C)cc12. The summed E-state index contributed by atoms with van der Waals surface area (Å²) in [5, 5.41) is 3.13. The molecule has 0 spiro atoms. The van der Waals surface area contributed by atoms with Crippen LogP contribution < -0.4 is 16.7 Å². The van der Waals surface area contributed by atoms with Gasteiger partial charge in [0.05, 0.1) is 0 Å². The number of ether oxygens (including phenoxy) is 1. The largest absolute Gasteiger partial charge is 0.459 e. The van der Waals surface area contributed by atoms with Gasteiger partial charge in [-0.3, -0.25) is 0 Å². The molecule has 0 radical (unpaired) electrons. The number of urea groups is 1. The molecular formula is C20H26N2O5S. The third kappa shape index (κ3) is 5.51. The average molecular weight is 407 g/mol. The molecule has 28 heavy (non-hydrogen) atoms. The number of aryl methyl sites for hydroxylation is 1. The Balaban J connectivity index is 2.29. The van der Waals surface area contributed by atoms with Crippen LogP contribution in [-0.4, -0.2) is 30.1 Å². The molecule has 3 N–H and O–H groups in total. The zero-order chi connectivity index (χ0) is 20.8. The van der Waals surface area contributed by atoms with Crippen molar-refractivity contribution in [1.82, 2.24) is 5.32 Å². The first-order valence-electron chi connectivity index (χ1n) is 9.01. The van der Waals surface area contributed by atoms with Crippen molar-refractivity contribution in [3.63, 3.8) is 0 Å². The molecule has 1 heterocycles. The number of nitrogens with one attached hydrogen (secondary N) is 1. The Hall–Kier alpha value is -2.48. The molecule has 1 atom stereocenters. The van der Waals surface area contributed by atoms with Crippen LogP contribution in [0.25, 0.3) is 11.0 Å². The molecule has 152 valence electrons. The molecule has 2 rings (SSSR count). The Morgan fingerprint density at radius 2 is 2.00 bits per heavy atom. The molecule has 2 aromatic rings. The number of thioether (sulfide) groups is 1. The number of fused-ring (bicyclic) bond motifs is 1. The van der Waals surface area contributed by atoms with E-state index >= 15 is 0 Å². The normalized spacial score (nSPS) is 12.2. The number of carbonyl (C=O) groups is 2. The van der Waals surface area contributed by atoms with Crippen molar-refractivity contribution in [2.24, 2.45) is 5.73 Å². The van der Waals surface area contributed by atoms with Gasteiger partial charge in [-0.25, -0.2) is 14.4 Å². The third-order valence-electron chi connectivity index (χ3n) is 4.42. The molecule has 0 bridgehead atoms. The summed E-state index contributed by atoms with van der Waals surface area (Å²) in [5.41, 5.74) is 7.81. The van der Waals surface area contributed by atoms with Crippen molar-refractivity contribution in [2.45, 2.75) is 45.8 Å². The van der Waals surface area contributed by atoms with Crippen molar-refractivity contribution in [3.8, 4) is 0 Å². The summed E-state index contributed by atoms with van der Waals surface area (Å²) in [7, 11) is 0. The van der Waals surface area contributed by atoms with Gasteiger partial charge in [0, 0.05) is 17.0 Å². The van der Waals surface area contributed by atoms with Gasteiger partial charge >= 0.3 is 17.6 Å². The van der Waals surface area contributed by atoms with E-state index in [9.17, 15) is 14.4 Å². The van der Waals surface area contributed by atoms with E-state index in [1.807, 2.05) is 25.3 Å². The smallest absolute Gasteiger partial charge is 0.336 e. The summed E-state index contributed by atoms with van der Waals surface area (Å²) in [5.74, 6) is 0.363. The minimum Gasteiger partial charge on any atom is -0.459 e. The Bertz CT molecular complexity index is 923. The lowest BCUT2D eigenvalue weighted by atomic mass is 9.95. The maximum absolute atomic E-state index is 12.4. The number of nitrogens with two attached hydrogens (primary N) is 1. The van der Waals surface area contributed by atoms with E-state index in [1.54, 1.807) is 11.8 Å². The van der Waals surface area contributed by atoms with Crippen LogP contribution in [0.4, 0.5) is 4.79 Å². The van der Waals surface area contributed by atoms with E-state index in [2.05, 4.69) is 19.2 Å². The molecule has 0 aliphatic heterocycles. The minimum atomic E-state index is -0.829. The lowest BCUT2D eigenvalue weighted by molar-refractivity contribution is -0.147. The topological polar surface area (TPSA) is 112 Å². The van der Waals surface area contributed by atoms with Crippen molar-refractivity contribution >= 4 is 34.7 Å². The van der Waals surface area contributed by atoms with Gasteiger partial charge in [-0.05, 0) is 54.5 Å². The molecule has 7 nitrogen and oxygen atoms in total. The van der Waals surface area contributed by atoms with Gasteiger partial charge in [-0.1, -0.05) is 13.8 Å². The average Bonchev–Trinajstić information content (AvgIpc) is 2.61. The fraction of sp³-hybridized carbons (Fsp3) is 0.450. The maximum Gasteiger partial charge on any atom is 0.336 e. The first-order valence-corrected chi connectivity index (χ1v) is 10.4. The predicted molar refractivity (Wildman–Crippen MR) is 111 cm³/mol. The number of hydrogen-bond acceptors (Lipinski definition) is 6. The molecule has 0 aliphatic rings. The number of benzene rings is 1. The fourth-order valence-electron chi connectivity index (χ4n) is 3.04. The summed E-state index contributed by atoms with van der Waals surface area (Å²) in [6, 6.07) is 3.51. The Morgan fingerprint density at radius 1 is 1.29 bits per heavy atom. The molecule has 1 aromatic carbocycles. The van der Waals surface area contributed by atoms with E-state index in [0.717, 1.165) is 16.5 Å². The molecule has 1 aromatic heterocycles.